The van der Waals surface area contributed by atoms with Crippen LogP contribution in [0, 0.1) is 5.92 Å². The molecule has 1 atom stereocenters. The maximum absolute atomic E-state index is 13.0. The van der Waals surface area contributed by atoms with Gasteiger partial charge in [0.2, 0.25) is 5.92 Å². The Morgan fingerprint density at radius 1 is 1.61 bits per heavy atom. The highest BCUT2D eigenvalue weighted by atomic mass is 19.3. The Kier molecular flexibility index (Phi) is 3.50. The van der Waals surface area contributed by atoms with Crippen LogP contribution < -0.4 is 0 Å². The van der Waals surface area contributed by atoms with E-state index >= 15 is 0 Å². The van der Waals surface area contributed by atoms with E-state index in [9.17, 15) is 13.6 Å². The predicted octanol–water partition coefficient (Wildman–Crippen LogP) is 3.01. The van der Waals surface area contributed by atoms with Crippen LogP contribution in [0.5, 0.6) is 0 Å². The molecule has 0 aromatic carbocycles. The van der Waals surface area contributed by atoms with Gasteiger partial charge in [0.15, 0.2) is 0 Å². The van der Waals surface area contributed by atoms with Gasteiger partial charge in [-0.1, -0.05) is 0 Å². The van der Waals surface area contributed by atoms with E-state index in [0.717, 1.165) is 0 Å². The first-order chi connectivity index (χ1) is 8.37. The molecule has 0 aliphatic heterocycles. The molecule has 100 valence electrons. The van der Waals surface area contributed by atoms with Gasteiger partial charge in [-0.2, -0.15) is 5.10 Å². The predicted molar refractivity (Wildman–Crippen MR) is 63.6 cm³/mol. The van der Waals surface area contributed by atoms with Crippen LogP contribution in [0.3, 0.4) is 0 Å². The Morgan fingerprint density at radius 3 is 2.83 bits per heavy atom. The summed E-state index contributed by atoms with van der Waals surface area (Å²) in [7, 11) is 0. The van der Waals surface area contributed by atoms with E-state index in [1.807, 2.05) is 20.0 Å². The fourth-order valence-electron chi connectivity index (χ4n) is 2.31. The molecule has 0 radical (unpaired) electrons. The van der Waals surface area contributed by atoms with Crippen LogP contribution in [0.1, 0.15) is 44.8 Å². The smallest absolute Gasteiger partial charge is 0.248 e. The molecule has 1 heterocycles. The summed E-state index contributed by atoms with van der Waals surface area (Å²) in [6, 6.07) is 2.02. The zero-order chi connectivity index (χ0) is 13.3. The van der Waals surface area contributed by atoms with Gasteiger partial charge in [-0.15, -0.1) is 0 Å². The van der Waals surface area contributed by atoms with E-state index in [1.54, 1.807) is 10.7 Å². The maximum Gasteiger partial charge on any atom is 0.248 e. The Hall–Kier alpha value is -1.26. The third-order valence-corrected chi connectivity index (χ3v) is 3.41. The molecular weight excluding hydrogens is 238 g/mol. The number of nitrogens with zero attached hydrogens (tertiary/aromatic N) is 2. The molecule has 1 fully saturated rings. The summed E-state index contributed by atoms with van der Waals surface area (Å²) < 4.78 is 27.8. The topological polar surface area (TPSA) is 34.9 Å². The van der Waals surface area contributed by atoms with Crippen LogP contribution in [0.25, 0.3) is 0 Å². The van der Waals surface area contributed by atoms with Crippen molar-refractivity contribution in [3.05, 3.63) is 18.0 Å². The molecule has 1 aliphatic rings. The zero-order valence-electron chi connectivity index (χ0n) is 10.7. The fraction of sp³-hybridized carbons (Fsp3) is 0.692. The maximum atomic E-state index is 13.0. The van der Waals surface area contributed by atoms with Crippen molar-refractivity contribution in [2.75, 3.05) is 0 Å². The van der Waals surface area contributed by atoms with E-state index in [4.69, 9.17) is 0 Å². The third-order valence-electron chi connectivity index (χ3n) is 3.41. The van der Waals surface area contributed by atoms with Crippen molar-refractivity contribution in [2.45, 2.75) is 51.5 Å². The molecule has 2 rings (SSSR count). The van der Waals surface area contributed by atoms with Crippen LogP contribution in [0.2, 0.25) is 0 Å². The normalized spacial score (nSPS) is 22.6. The van der Waals surface area contributed by atoms with Crippen molar-refractivity contribution in [1.29, 1.82) is 0 Å². The van der Waals surface area contributed by atoms with E-state index in [0.29, 0.717) is 12.1 Å². The van der Waals surface area contributed by atoms with Crippen molar-refractivity contribution in [2.24, 2.45) is 5.92 Å². The molecule has 1 unspecified atom stereocenters. The van der Waals surface area contributed by atoms with Gasteiger partial charge in [0.1, 0.15) is 5.78 Å². The second-order valence-corrected chi connectivity index (χ2v) is 5.32. The van der Waals surface area contributed by atoms with Gasteiger partial charge in [-0.05, 0) is 26.3 Å². The lowest BCUT2D eigenvalue weighted by Crippen LogP contribution is -2.17. The fourth-order valence-corrected chi connectivity index (χ4v) is 2.31. The lowest BCUT2D eigenvalue weighted by atomic mass is 9.99. The highest BCUT2D eigenvalue weighted by Crippen LogP contribution is 2.39. The summed E-state index contributed by atoms with van der Waals surface area (Å²) in [5.41, 5.74) is 0.670. The molecule has 1 saturated carbocycles. The minimum atomic E-state index is -2.66. The molecule has 1 aromatic heterocycles. The van der Waals surface area contributed by atoms with Crippen molar-refractivity contribution in [3.8, 4) is 0 Å². The van der Waals surface area contributed by atoms with E-state index in [-0.39, 0.29) is 31.1 Å². The van der Waals surface area contributed by atoms with Crippen LogP contribution in [0.4, 0.5) is 8.78 Å². The molecule has 3 nitrogen and oxygen atoms in total. The monoisotopic (exact) mass is 256 g/mol. The van der Waals surface area contributed by atoms with Gasteiger partial charge in [0, 0.05) is 31.0 Å². The minimum absolute atomic E-state index is 0.110. The highest BCUT2D eigenvalue weighted by molar-refractivity contribution is 5.83. The molecule has 0 saturated heterocycles. The third kappa shape index (κ3) is 2.94. The summed E-state index contributed by atoms with van der Waals surface area (Å²) in [5.74, 6) is -3.26. The summed E-state index contributed by atoms with van der Waals surface area (Å²) in [4.78, 5) is 11.9. The second kappa shape index (κ2) is 4.78. The molecule has 0 bridgehead atoms. The average Bonchev–Trinajstić information content (AvgIpc) is 2.84. The zero-order valence-corrected chi connectivity index (χ0v) is 10.7. The number of halogens is 2. The number of carbonyl (C=O) groups excluding carboxylic acids is 1. The van der Waals surface area contributed by atoms with Crippen molar-refractivity contribution in [1.82, 2.24) is 9.78 Å². The van der Waals surface area contributed by atoms with Gasteiger partial charge in [-0.3, -0.25) is 9.48 Å². The summed E-state index contributed by atoms with van der Waals surface area (Å²) >= 11 is 0. The molecule has 0 spiro atoms. The second-order valence-electron chi connectivity index (χ2n) is 5.32. The Morgan fingerprint density at radius 2 is 2.33 bits per heavy atom. The number of Topliss-reactive ketones (excluding diaryl/α,β-unsaturated/α-hetero) is 1. The highest BCUT2D eigenvalue weighted by Gasteiger charge is 2.42. The first-order valence-electron chi connectivity index (χ1n) is 6.32. The first kappa shape index (κ1) is 13.2. The number of hydrogen-bond donors (Lipinski definition) is 0. The molecule has 0 N–H and O–H groups in total. The van der Waals surface area contributed by atoms with Gasteiger partial charge < -0.3 is 0 Å². The number of ketones is 1. The van der Waals surface area contributed by atoms with Crippen LogP contribution in [-0.2, 0) is 11.2 Å². The summed E-state index contributed by atoms with van der Waals surface area (Å²) in [6.07, 6.45) is 1.83. The van der Waals surface area contributed by atoms with Crippen molar-refractivity contribution >= 4 is 5.78 Å². The molecule has 1 aliphatic carbocycles. The first-order valence-corrected chi connectivity index (χ1v) is 6.32. The SMILES string of the molecule is CC(C)n1ccc(CC(=O)C2CCC(F)(F)C2)n1. The van der Waals surface area contributed by atoms with Crippen LogP contribution >= 0.6 is 0 Å². The number of alkyl halides is 2. The largest absolute Gasteiger partial charge is 0.299 e. The molecule has 0 amide bonds. The standard InChI is InChI=1S/C13H18F2N2O/c1-9(2)17-6-4-11(16-17)7-12(18)10-3-5-13(14,15)8-10/h4,6,9-10H,3,5,7-8H2,1-2H3. The quantitative estimate of drug-likeness (QED) is 0.830. The molecule has 1 aromatic rings. The summed E-state index contributed by atoms with van der Waals surface area (Å²) in [5, 5.41) is 4.27. The lowest BCUT2D eigenvalue weighted by molar-refractivity contribution is -0.123. The van der Waals surface area contributed by atoms with Gasteiger partial charge in [0.25, 0.3) is 0 Å². The van der Waals surface area contributed by atoms with Gasteiger partial charge >= 0.3 is 0 Å². The number of rotatable bonds is 4. The molecule has 18 heavy (non-hydrogen) atoms. The molecular formula is C13H18F2N2O. The van der Waals surface area contributed by atoms with E-state index in [2.05, 4.69) is 5.10 Å². The lowest BCUT2D eigenvalue weighted by Gasteiger charge is -2.09. The molecule has 5 heteroatoms. The Bertz CT molecular complexity index is 440. The van der Waals surface area contributed by atoms with E-state index < -0.39 is 11.8 Å². The van der Waals surface area contributed by atoms with Crippen LogP contribution in [-0.4, -0.2) is 21.5 Å². The number of carbonyl (C=O) groups is 1. The van der Waals surface area contributed by atoms with Crippen molar-refractivity contribution in [3.63, 3.8) is 0 Å². The Balaban J connectivity index is 1.95. The van der Waals surface area contributed by atoms with Gasteiger partial charge in [-0.25, -0.2) is 8.78 Å². The van der Waals surface area contributed by atoms with Crippen LogP contribution in [0.15, 0.2) is 12.3 Å². The van der Waals surface area contributed by atoms with Gasteiger partial charge in [0.05, 0.1) is 12.1 Å². The number of hydrogen-bond acceptors (Lipinski definition) is 2. The summed E-state index contributed by atoms with van der Waals surface area (Å²) in [6.45, 7) is 3.99. The van der Waals surface area contributed by atoms with Crippen molar-refractivity contribution < 1.29 is 13.6 Å². The Labute approximate surface area is 105 Å². The number of aromatic nitrogens is 2. The minimum Gasteiger partial charge on any atom is -0.299 e. The van der Waals surface area contributed by atoms with E-state index in [1.165, 1.54) is 0 Å². The average molecular weight is 256 g/mol.